The molecule has 0 aliphatic carbocycles. The fourth-order valence-corrected chi connectivity index (χ4v) is 10.8. The van der Waals surface area contributed by atoms with Crippen molar-refractivity contribution in [2.45, 2.75) is 20.8 Å². The zero-order chi connectivity index (χ0) is 23.5. The summed E-state index contributed by atoms with van der Waals surface area (Å²) in [7, 11) is -2.78. The quantitative estimate of drug-likeness (QED) is 0.320. The van der Waals surface area contributed by atoms with Gasteiger partial charge in [-0.25, -0.2) is 0 Å². The van der Waals surface area contributed by atoms with Gasteiger partial charge in [-0.1, -0.05) is 72.8 Å². The van der Waals surface area contributed by atoms with Gasteiger partial charge in [-0.3, -0.25) is 0 Å². The number of hydrogen-bond donors (Lipinski definition) is 0. The first-order valence-corrected chi connectivity index (χ1v) is 14.1. The Kier molecular flexibility index (Phi) is 6.16. The Morgan fingerprint density at radius 1 is 0.500 bits per heavy atom. The predicted octanol–water partition coefficient (Wildman–Crippen LogP) is 4.24. The van der Waals surface area contributed by atoms with Gasteiger partial charge in [-0.05, 0) is 54.9 Å². The minimum atomic E-state index is -2.78. The molecule has 0 atom stereocenters. The van der Waals surface area contributed by atoms with Crippen molar-refractivity contribution in [1.29, 1.82) is 0 Å². The van der Waals surface area contributed by atoms with E-state index in [-0.39, 0.29) is 0 Å². The van der Waals surface area contributed by atoms with Gasteiger partial charge >= 0.3 is 0 Å². The third kappa shape index (κ3) is 3.33. The van der Waals surface area contributed by atoms with Gasteiger partial charge in [0.2, 0.25) is 0 Å². The Balaban J connectivity index is 2.02. The molecule has 1 aliphatic rings. The highest BCUT2D eigenvalue weighted by Crippen LogP contribution is 2.41. The number of benzene rings is 4. The van der Waals surface area contributed by atoms with E-state index in [1.807, 2.05) is 20.8 Å². The lowest BCUT2D eigenvalue weighted by Gasteiger charge is -2.33. The molecule has 3 nitrogen and oxygen atoms in total. The second-order valence-electron chi connectivity index (χ2n) is 8.27. The van der Waals surface area contributed by atoms with Crippen LogP contribution in [0.2, 0.25) is 0 Å². The van der Waals surface area contributed by atoms with Crippen LogP contribution in [0, 0.1) is 0 Å². The predicted molar refractivity (Wildman–Crippen MR) is 143 cm³/mol. The zero-order valence-corrected chi connectivity index (χ0v) is 21.0. The molecule has 0 aromatic heterocycles. The summed E-state index contributed by atoms with van der Waals surface area (Å²) in [4.78, 5) is 0. The van der Waals surface area contributed by atoms with Gasteiger partial charge in [0.1, 0.15) is 17.2 Å². The minimum Gasteiger partial charge on any atom is -0.494 e. The van der Waals surface area contributed by atoms with Crippen molar-refractivity contribution in [3.63, 3.8) is 0 Å². The van der Waals surface area contributed by atoms with Crippen LogP contribution in [0.3, 0.4) is 0 Å². The van der Waals surface area contributed by atoms with Crippen LogP contribution in [-0.2, 0) is 0 Å². The molecule has 0 saturated heterocycles. The molecule has 0 fully saturated rings. The monoisotopic (exact) mass is 466 g/mol. The first kappa shape index (κ1) is 22.3. The van der Waals surface area contributed by atoms with Crippen molar-refractivity contribution < 1.29 is 14.2 Å². The van der Waals surface area contributed by atoms with Crippen molar-refractivity contribution in [2.24, 2.45) is 0 Å². The van der Waals surface area contributed by atoms with Crippen LogP contribution in [0.4, 0.5) is 0 Å². The van der Waals surface area contributed by atoms with E-state index in [0.29, 0.717) is 19.8 Å². The van der Waals surface area contributed by atoms with Gasteiger partial charge in [0.05, 0.1) is 19.8 Å². The Bertz CT molecular complexity index is 1250. The zero-order valence-electron chi connectivity index (χ0n) is 20.0. The number of hydrogen-bond acceptors (Lipinski definition) is 3. The standard InChI is InChI=1S/C30H30O3Si/c1-4-31-25-20-21-27(33-6-3)30-28(25)24-18-13-19-26(32-5-2)29(24)34(30,22-14-9-7-10-15-22)23-16-11-8-12-17-23/h7-21H,4-6H2,1-3H3. The molecule has 1 aliphatic heterocycles. The molecule has 0 saturated carbocycles. The van der Waals surface area contributed by atoms with E-state index in [1.54, 1.807) is 0 Å². The smallest absolute Gasteiger partial charge is 0.190 e. The summed E-state index contributed by atoms with van der Waals surface area (Å²) >= 11 is 0. The van der Waals surface area contributed by atoms with E-state index in [2.05, 4.69) is 91.0 Å². The number of ether oxygens (including phenoxy) is 3. The first-order chi connectivity index (χ1) is 16.8. The molecule has 0 spiro atoms. The third-order valence-corrected chi connectivity index (χ3v) is 11.4. The van der Waals surface area contributed by atoms with Crippen molar-refractivity contribution in [3.8, 4) is 28.4 Å². The Morgan fingerprint density at radius 2 is 1.00 bits per heavy atom. The van der Waals surface area contributed by atoms with Crippen molar-refractivity contribution >= 4 is 28.8 Å². The highest BCUT2D eigenvalue weighted by molar-refractivity contribution is 7.23. The number of rotatable bonds is 8. The summed E-state index contributed by atoms with van der Waals surface area (Å²) in [6.45, 7) is 7.94. The normalized spacial score (nSPS) is 13.1. The Morgan fingerprint density at radius 3 is 1.56 bits per heavy atom. The maximum Gasteiger partial charge on any atom is 0.190 e. The van der Waals surface area contributed by atoms with Crippen LogP contribution in [0.1, 0.15) is 20.8 Å². The topological polar surface area (TPSA) is 27.7 Å². The second-order valence-corrected chi connectivity index (χ2v) is 11.9. The molecule has 0 radical (unpaired) electrons. The highest BCUT2D eigenvalue weighted by atomic mass is 28.3. The van der Waals surface area contributed by atoms with Crippen molar-refractivity contribution in [3.05, 3.63) is 91.0 Å². The molecule has 34 heavy (non-hydrogen) atoms. The van der Waals surface area contributed by atoms with E-state index < -0.39 is 8.07 Å². The van der Waals surface area contributed by atoms with Gasteiger partial charge < -0.3 is 14.2 Å². The molecular weight excluding hydrogens is 436 g/mol. The van der Waals surface area contributed by atoms with Gasteiger partial charge in [0, 0.05) is 15.9 Å². The van der Waals surface area contributed by atoms with Crippen LogP contribution in [0.15, 0.2) is 91.0 Å². The molecule has 1 heterocycles. The summed E-state index contributed by atoms with van der Waals surface area (Å²) in [5.41, 5.74) is 2.33. The average molecular weight is 467 g/mol. The molecule has 5 rings (SSSR count). The molecule has 0 bridgehead atoms. The Labute approximate surface area is 203 Å². The third-order valence-electron chi connectivity index (χ3n) is 6.49. The molecule has 4 aromatic carbocycles. The van der Waals surface area contributed by atoms with Gasteiger partial charge in [0.25, 0.3) is 0 Å². The van der Waals surface area contributed by atoms with E-state index in [9.17, 15) is 0 Å². The average Bonchev–Trinajstić information content (AvgIpc) is 3.21. The van der Waals surface area contributed by atoms with E-state index in [0.717, 1.165) is 22.8 Å². The summed E-state index contributed by atoms with van der Waals surface area (Å²) in [6.07, 6.45) is 0. The lowest BCUT2D eigenvalue weighted by atomic mass is 10.0. The van der Waals surface area contributed by atoms with Crippen LogP contribution in [0.25, 0.3) is 11.1 Å². The molecule has 4 aromatic rings. The molecule has 4 heteroatoms. The lowest BCUT2D eigenvalue weighted by Crippen LogP contribution is -2.73. The molecular formula is C30H30O3Si. The minimum absolute atomic E-state index is 0.600. The van der Waals surface area contributed by atoms with Crippen molar-refractivity contribution in [2.75, 3.05) is 19.8 Å². The SMILES string of the molecule is CCOc1ccc(OCC)c2c1-c1cccc(OCC)c1[Si]2(c1ccccc1)c1ccccc1. The number of fused-ring (bicyclic) bond motifs is 3. The summed E-state index contributed by atoms with van der Waals surface area (Å²) < 4.78 is 18.9. The fraction of sp³-hybridized carbons (Fsp3) is 0.200. The molecule has 0 amide bonds. The van der Waals surface area contributed by atoms with Crippen LogP contribution < -0.4 is 35.0 Å². The molecule has 172 valence electrons. The summed E-state index contributed by atoms with van der Waals surface area (Å²) in [5.74, 6) is 2.77. The highest BCUT2D eigenvalue weighted by Gasteiger charge is 2.53. The Hall–Kier alpha value is -3.50. The summed E-state index contributed by atoms with van der Waals surface area (Å²) in [5, 5.41) is 5.14. The first-order valence-electron chi connectivity index (χ1n) is 12.1. The maximum atomic E-state index is 6.35. The van der Waals surface area contributed by atoms with Gasteiger partial charge in [0.15, 0.2) is 8.07 Å². The largest absolute Gasteiger partial charge is 0.494 e. The maximum absolute atomic E-state index is 6.35. The second kappa shape index (κ2) is 9.39. The van der Waals surface area contributed by atoms with Gasteiger partial charge in [-0.15, -0.1) is 0 Å². The van der Waals surface area contributed by atoms with Crippen LogP contribution >= 0.6 is 0 Å². The molecule has 0 unspecified atom stereocenters. The van der Waals surface area contributed by atoms with E-state index >= 15 is 0 Å². The van der Waals surface area contributed by atoms with Crippen molar-refractivity contribution in [1.82, 2.24) is 0 Å². The van der Waals surface area contributed by atoms with Crippen LogP contribution in [0.5, 0.6) is 17.2 Å². The van der Waals surface area contributed by atoms with E-state index in [1.165, 1.54) is 26.3 Å². The lowest BCUT2D eigenvalue weighted by molar-refractivity contribution is 0.334. The van der Waals surface area contributed by atoms with Gasteiger partial charge in [-0.2, -0.15) is 0 Å². The van der Waals surface area contributed by atoms with Crippen LogP contribution in [-0.4, -0.2) is 27.9 Å². The molecule has 0 N–H and O–H groups in total. The van der Waals surface area contributed by atoms with E-state index in [4.69, 9.17) is 14.2 Å². The summed E-state index contributed by atoms with van der Waals surface area (Å²) in [6, 6.07) is 32.4. The fourth-order valence-electron chi connectivity index (χ4n) is 5.40.